The van der Waals surface area contributed by atoms with E-state index < -0.39 is 11.7 Å². The fourth-order valence-corrected chi connectivity index (χ4v) is 3.49. The van der Waals surface area contributed by atoms with Crippen LogP contribution in [-0.4, -0.2) is 20.4 Å². The Morgan fingerprint density at radius 1 is 1.23 bits per heavy atom. The highest BCUT2D eigenvalue weighted by Crippen LogP contribution is 2.26. The first-order chi connectivity index (χ1) is 12.3. The van der Waals surface area contributed by atoms with Crippen LogP contribution in [0.15, 0.2) is 40.5 Å². The van der Waals surface area contributed by atoms with Gasteiger partial charge < -0.3 is 5.32 Å². The van der Waals surface area contributed by atoms with E-state index in [1.54, 1.807) is 39.0 Å². The maximum absolute atomic E-state index is 12.5. The average Bonchev–Trinajstić information content (AvgIpc) is 3.02. The monoisotopic (exact) mass is 388 g/mol. The molecule has 0 saturated heterocycles. The van der Waals surface area contributed by atoms with Crippen LogP contribution in [0.1, 0.15) is 24.4 Å². The van der Waals surface area contributed by atoms with Crippen molar-refractivity contribution in [2.45, 2.75) is 26.8 Å². The second kappa shape index (κ2) is 7.39. The smallest absolute Gasteiger partial charge is 0.300 e. The number of aryl methyl sites for hydroxylation is 2. The predicted molar refractivity (Wildman–Crippen MR) is 104 cm³/mol. The van der Waals surface area contributed by atoms with Gasteiger partial charge in [-0.1, -0.05) is 23.7 Å². The summed E-state index contributed by atoms with van der Waals surface area (Å²) in [4.78, 5) is 33.0. The normalized spacial score (nSPS) is 12.0. The molecule has 0 saturated carbocycles. The van der Waals surface area contributed by atoms with E-state index in [0.29, 0.717) is 21.5 Å². The number of anilines is 1. The molecule has 3 aromatic rings. The Bertz CT molecular complexity index is 1010. The quantitative estimate of drug-likeness (QED) is 0.736. The number of carbonyl (C=O) groups is 1. The first-order valence-corrected chi connectivity index (χ1v) is 9.20. The van der Waals surface area contributed by atoms with Crippen LogP contribution < -0.4 is 11.0 Å². The molecule has 1 amide bonds. The number of rotatable bonds is 4. The van der Waals surface area contributed by atoms with Gasteiger partial charge in [-0.15, -0.1) is 11.3 Å². The number of thiazole rings is 1. The zero-order valence-corrected chi connectivity index (χ0v) is 16.1. The van der Waals surface area contributed by atoms with Crippen molar-refractivity contribution in [1.29, 1.82) is 0 Å². The van der Waals surface area contributed by atoms with Crippen molar-refractivity contribution in [1.82, 2.24) is 14.5 Å². The lowest BCUT2D eigenvalue weighted by molar-refractivity contribution is -0.118. The summed E-state index contributed by atoms with van der Waals surface area (Å²) in [5.74, 6) is -0.321. The highest BCUT2D eigenvalue weighted by molar-refractivity contribution is 7.14. The summed E-state index contributed by atoms with van der Waals surface area (Å²) in [6, 6.07) is 8.39. The van der Waals surface area contributed by atoms with Crippen molar-refractivity contribution in [3.05, 3.63) is 62.6 Å². The van der Waals surface area contributed by atoms with E-state index in [-0.39, 0.29) is 5.91 Å². The van der Waals surface area contributed by atoms with E-state index in [1.807, 2.05) is 17.5 Å². The van der Waals surface area contributed by atoms with Gasteiger partial charge in [-0.25, -0.2) is 9.78 Å². The molecule has 0 bridgehead atoms. The molecular weight excluding hydrogens is 372 g/mol. The Morgan fingerprint density at radius 3 is 2.58 bits per heavy atom. The second-order valence-corrected chi connectivity index (χ2v) is 7.20. The number of carbonyl (C=O) groups excluding carboxylic acids is 1. The molecule has 1 aromatic carbocycles. The van der Waals surface area contributed by atoms with E-state index in [2.05, 4.69) is 15.3 Å². The zero-order chi connectivity index (χ0) is 18.8. The van der Waals surface area contributed by atoms with Crippen LogP contribution in [0, 0.1) is 13.8 Å². The van der Waals surface area contributed by atoms with Crippen LogP contribution in [0.3, 0.4) is 0 Å². The fourth-order valence-electron chi connectivity index (χ4n) is 2.64. The van der Waals surface area contributed by atoms with Gasteiger partial charge in [-0.3, -0.25) is 9.36 Å². The van der Waals surface area contributed by atoms with E-state index in [4.69, 9.17) is 11.6 Å². The first kappa shape index (κ1) is 18.3. The summed E-state index contributed by atoms with van der Waals surface area (Å²) in [6.45, 7) is 5.19. The Hall–Kier alpha value is -2.51. The average molecular weight is 389 g/mol. The van der Waals surface area contributed by atoms with Crippen LogP contribution in [-0.2, 0) is 4.79 Å². The number of nitrogens with one attached hydrogen (secondary N) is 1. The highest BCUT2D eigenvalue weighted by atomic mass is 35.5. The molecule has 1 N–H and O–H groups in total. The van der Waals surface area contributed by atoms with Crippen molar-refractivity contribution in [2.24, 2.45) is 0 Å². The zero-order valence-electron chi connectivity index (χ0n) is 14.5. The van der Waals surface area contributed by atoms with E-state index in [1.165, 1.54) is 15.9 Å². The lowest BCUT2D eigenvalue weighted by Gasteiger charge is -2.16. The highest BCUT2D eigenvalue weighted by Gasteiger charge is 2.20. The van der Waals surface area contributed by atoms with Crippen LogP contribution in [0.2, 0.25) is 5.02 Å². The van der Waals surface area contributed by atoms with Gasteiger partial charge in [0.25, 0.3) is 0 Å². The van der Waals surface area contributed by atoms with Crippen molar-refractivity contribution < 1.29 is 4.79 Å². The standard InChI is InChI=1S/C18H17ClN4O2S/c1-10-8-11(2)23(18(25)20-10)12(3)16(24)22-17-21-15(9-26-17)13-4-6-14(19)7-5-13/h4-9,12H,1-3H3,(H,21,22,24). The van der Waals surface area contributed by atoms with Gasteiger partial charge in [0, 0.05) is 27.4 Å². The fraction of sp³-hybridized carbons (Fsp3) is 0.222. The number of nitrogens with zero attached hydrogens (tertiary/aromatic N) is 3. The molecule has 1 atom stereocenters. The largest absolute Gasteiger partial charge is 0.348 e. The van der Waals surface area contributed by atoms with Gasteiger partial charge in [-0.05, 0) is 39.0 Å². The summed E-state index contributed by atoms with van der Waals surface area (Å²) >= 11 is 7.22. The molecule has 0 spiro atoms. The number of amides is 1. The minimum atomic E-state index is -0.696. The van der Waals surface area contributed by atoms with Crippen molar-refractivity contribution in [3.63, 3.8) is 0 Å². The Morgan fingerprint density at radius 2 is 1.92 bits per heavy atom. The molecule has 2 heterocycles. The second-order valence-electron chi connectivity index (χ2n) is 5.90. The predicted octanol–water partition coefficient (Wildman–Crippen LogP) is 3.84. The summed E-state index contributed by atoms with van der Waals surface area (Å²) in [5.41, 5.74) is 2.54. The molecule has 0 aliphatic rings. The number of aromatic nitrogens is 3. The molecule has 0 radical (unpaired) electrons. The summed E-state index contributed by atoms with van der Waals surface area (Å²) in [5, 5.41) is 5.74. The summed E-state index contributed by atoms with van der Waals surface area (Å²) < 4.78 is 1.37. The molecule has 1 unspecified atom stereocenters. The first-order valence-electron chi connectivity index (χ1n) is 7.94. The Balaban J connectivity index is 1.78. The van der Waals surface area contributed by atoms with Gasteiger partial charge in [0.15, 0.2) is 5.13 Å². The Kier molecular flexibility index (Phi) is 5.20. The number of halogens is 1. The lowest BCUT2D eigenvalue weighted by atomic mass is 10.2. The van der Waals surface area contributed by atoms with Crippen molar-refractivity contribution in [2.75, 3.05) is 5.32 Å². The van der Waals surface area contributed by atoms with Crippen LogP contribution in [0.4, 0.5) is 5.13 Å². The maximum atomic E-state index is 12.5. The Labute approximate surface area is 159 Å². The van der Waals surface area contributed by atoms with Crippen LogP contribution in [0.5, 0.6) is 0 Å². The van der Waals surface area contributed by atoms with E-state index >= 15 is 0 Å². The molecule has 0 aliphatic heterocycles. The van der Waals surface area contributed by atoms with Gasteiger partial charge >= 0.3 is 5.69 Å². The topological polar surface area (TPSA) is 76.9 Å². The maximum Gasteiger partial charge on any atom is 0.348 e. The third-order valence-corrected chi connectivity index (χ3v) is 4.93. The lowest BCUT2D eigenvalue weighted by Crippen LogP contribution is -2.34. The molecule has 2 aromatic heterocycles. The minimum Gasteiger partial charge on any atom is -0.300 e. The SMILES string of the molecule is Cc1cc(C)n(C(C)C(=O)Nc2nc(-c3ccc(Cl)cc3)cs2)c(=O)n1. The van der Waals surface area contributed by atoms with Gasteiger partial charge in [0.05, 0.1) is 5.69 Å². The van der Waals surface area contributed by atoms with Gasteiger partial charge in [-0.2, -0.15) is 4.98 Å². The summed E-state index contributed by atoms with van der Waals surface area (Å²) in [6.07, 6.45) is 0. The summed E-state index contributed by atoms with van der Waals surface area (Å²) in [7, 11) is 0. The van der Waals surface area contributed by atoms with Crippen LogP contribution in [0.25, 0.3) is 11.3 Å². The van der Waals surface area contributed by atoms with Gasteiger partial charge in [0.1, 0.15) is 6.04 Å². The molecule has 26 heavy (non-hydrogen) atoms. The number of hydrogen-bond donors (Lipinski definition) is 1. The van der Waals surface area contributed by atoms with Gasteiger partial charge in [0.2, 0.25) is 5.91 Å². The molecule has 0 aliphatic carbocycles. The molecule has 6 nitrogen and oxygen atoms in total. The third kappa shape index (κ3) is 3.84. The molecule has 0 fully saturated rings. The molecule has 134 valence electrons. The van der Waals surface area contributed by atoms with E-state index in [0.717, 1.165) is 11.3 Å². The number of benzene rings is 1. The number of hydrogen-bond acceptors (Lipinski definition) is 5. The van der Waals surface area contributed by atoms with E-state index in [9.17, 15) is 9.59 Å². The van der Waals surface area contributed by atoms with Crippen LogP contribution >= 0.6 is 22.9 Å². The molecule has 3 rings (SSSR count). The van der Waals surface area contributed by atoms with Crippen molar-refractivity contribution >= 4 is 34.0 Å². The molecular formula is C18H17ClN4O2S. The minimum absolute atomic E-state index is 0.321. The third-order valence-electron chi connectivity index (χ3n) is 3.92. The molecule has 8 heteroatoms. The van der Waals surface area contributed by atoms with Crippen molar-refractivity contribution in [3.8, 4) is 11.3 Å².